The normalized spacial score (nSPS) is 15.7. The number of aryl methyl sites for hydroxylation is 2. The first-order valence-electron chi connectivity index (χ1n) is 10.1. The molecule has 0 saturated carbocycles. The van der Waals surface area contributed by atoms with Crippen LogP contribution >= 0.6 is 0 Å². The van der Waals surface area contributed by atoms with E-state index >= 15 is 0 Å². The van der Waals surface area contributed by atoms with E-state index in [1.54, 1.807) is 54.6 Å². The second kappa shape index (κ2) is 8.43. The first-order chi connectivity index (χ1) is 14.9. The van der Waals surface area contributed by atoms with Crippen LogP contribution in [0.4, 0.5) is 11.4 Å². The van der Waals surface area contributed by atoms with Crippen LogP contribution in [0.15, 0.2) is 77.7 Å². The number of ether oxygens (including phenoxy) is 1. The molecular formula is C24H24N2O4S. The smallest absolute Gasteiger partial charge is 0.267 e. The van der Waals surface area contributed by atoms with Crippen molar-refractivity contribution in [2.75, 3.05) is 16.2 Å². The molecule has 3 aromatic carbocycles. The van der Waals surface area contributed by atoms with Gasteiger partial charge in [0.2, 0.25) is 0 Å². The Bertz CT molecular complexity index is 1210. The average molecular weight is 437 g/mol. The summed E-state index contributed by atoms with van der Waals surface area (Å²) in [6.45, 7) is 3.83. The molecule has 31 heavy (non-hydrogen) atoms. The number of hydrogen-bond donors (Lipinski definition) is 1. The van der Waals surface area contributed by atoms with Crippen molar-refractivity contribution >= 4 is 27.3 Å². The Morgan fingerprint density at radius 3 is 2.48 bits per heavy atom. The van der Waals surface area contributed by atoms with E-state index in [0.717, 1.165) is 23.2 Å². The number of nitrogens with zero attached hydrogens (tertiary/aromatic N) is 1. The molecule has 0 aliphatic carbocycles. The number of amides is 1. The molecule has 160 valence electrons. The Morgan fingerprint density at radius 2 is 1.74 bits per heavy atom. The monoisotopic (exact) mass is 436 g/mol. The average Bonchev–Trinajstić information content (AvgIpc) is 2.80. The summed E-state index contributed by atoms with van der Waals surface area (Å²) in [7, 11) is -3.86. The third kappa shape index (κ3) is 4.01. The highest BCUT2D eigenvalue weighted by molar-refractivity contribution is 7.92. The highest BCUT2D eigenvalue weighted by Gasteiger charge is 2.37. The molecule has 0 saturated heterocycles. The van der Waals surface area contributed by atoms with Gasteiger partial charge in [-0.05, 0) is 48.7 Å². The molecule has 1 aliphatic heterocycles. The predicted molar refractivity (Wildman–Crippen MR) is 121 cm³/mol. The number of nitrogens with one attached hydrogen (secondary N) is 1. The molecule has 1 amide bonds. The van der Waals surface area contributed by atoms with Crippen LogP contribution < -0.4 is 14.4 Å². The van der Waals surface area contributed by atoms with Crippen LogP contribution in [0.2, 0.25) is 0 Å². The first-order valence-corrected chi connectivity index (χ1v) is 11.6. The summed E-state index contributed by atoms with van der Waals surface area (Å²) < 4.78 is 33.9. The van der Waals surface area contributed by atoms with Gasteiger partial charge in [0.15, 0.2) is 6.10 Å². The van der Waals surface area contributed by atoms with Crippen molar-refractivity contribution in [3.05, 3.63) is 83.9 Å². The molecule has 1 aliphatic rings. The van der Waals surface area contributed by atoms with E-state index in [9.17, 15) is 13.2 Å². The molecule has 0 bridgehead atoms. The van der Waals surface area contributed by atoms with Crippen LogP contribution in [0.1, 0.15) is 18.1 Å². The molecule has 6 nitrogen and oxygen atoms in total. The van der Waals surface area contributed by atoms with Crippen molar-refractivity contribution in [3.63, 3.8) is 0 Å². The van der Waals surface area contributed by atoms with Crippen molar-refractivity contribution in [3.8, 4) is 5.75 Å². The lowest BCUT2D eigenvalue weighted by atomic mass is 10.1. The molecule has 0 radical (unpaired) electrons. The Balaban J connectivity index is 1.68. The highest BCUT2D eigenvalue weighted by atomic mass is 32.2. The zero-order chi connectivity index (χ0) is 22.0. The topological polar surface area (TPSA) is 75.7 Å². The third-order valence-electron chi connectivity index (χ3n) is 5.35. The van der Waals surface area contributed by atoms with Crippen LogP contribution in [0.5, 0.6) is 5.75 Å². The second-order valence-corrected chi connectivity index (χ2v) is 9.24. The number of anilines is 2. The lowest BCUT2D eigenvalue weighted by molar-refractivity contribution is -0.122. The maximum atomic E-state index is 13.4. The molecule has 1 unspecified atom stereocenters. The van der Waals surface area contributed by atoms with Gasteiger partial charge in [-0.3, -0.25) is 9.10 Å². The SMILES string of the molecule is CCc1cccc(C)c1NC(=O)C1CN(S(=O)(=O)c2ccccc2)c2ccccc2O1. The summed E-state index contributed by atoms with van der Waals surface area (Å²) in [4.78, 5) is 13.3. The summed E-state index contributed by atoms with van der Waals surface area (Å²) in [5, 5.41) is 2.96. The van der Waals surface area contributed by atoms with E-state index in [0.29, 0.717) is 11.4 Å². The largest absolute Gasteiger partial charge is 0.476 e. The molecule has 0 spiro atoms. The van der Waals surface area contributed by atoms with Crippen molar-refractivity contribution in [1.82, 2.24) is 0 Å². The summed E-state index contributed by atoms with van der Waals surface area (Å²) in [6.07, 6.45) is -0.224. The number of carbonyl (C=O) groups excluding carboxylic acids is 1. The van der Waals surface area contributed by atoms with Crippen molar-refractivity contribution in [1.29, 1.82) is 0 Å². The Hall–Kier alpha value is -3.32. The van der Waals surface area contributed by atoms with Gasteiger partial charge in [0.1, 0.15) is 5.75 Å². The molecule has 3 aromatic rings. The number of fused-ring (bicyclic) bond motifs is 1. The molecule has 0 aromatic heterocycles. The van der Waals surface area contributed by atoms with E-state index in [-0.39, 0.29) is 17.3 Å². The molecule has 4 rings (SSSR count). The van der Waals surface area contributed by atoms with Gasteiger partial charge in [-0.25, -0.2) is 8.42 Å². The van der Waals surface area contributed by atoms with E-state index in [4.69, 9.17) is 4.74 Å². The second-order valence-electron chi connectivity index (χ2n) is 7.38. The quantitative estimate of drug-likeness (QED) is 0.652. The number of hydrogen-bond acceptors (Lipinski definition) is 4. The minimum absolute atomic E-state index is 0.118. The first kappa shape index (κ1) is 20.9. The fourth-order valence-electron chi connectivity index (χ4n) is 3.69. The van der Waals surface area contributed by atoms with Crippen LogP contribution in [0.25, 0.3) is 0 Å². The summed E-state index contributed by atoms with van der Waals surface area (Å²) in [5.41, 5.74) is 3.12. The minimum atomic E-state index is -3.86. The lowest BCUT2D eigenvalue weighted by Crippen LogP contribution is -2.48. The zero-order valence-corrected chi connectivity index (χ0v) is 18.2. The van der Waals surface area contributed by atoms with Gasteiger partial charge in [-0.1, -0.05) is 55.5 Å². The zero-order valence-electron chi connectivity index (χ0n) is 17.4. The number of sulfonamides is 1. The highest BCUT2D eigenvalue weighted by Crippen LogP contribution is 2.37. The van der Waals surface area contributed by atoms with Gasteiger partial charge in [-0.15, -0.1) is 0 Å². The van der Waals surface area contributed by atoms with Gasteiger partial charge < -0.3 is 10.1 Å². The Labute approximate surface area is 182 Å². The fraction of sp³-hybridized carbons (Fsp3) is 0.208. The standard InChI is InChI=1S/C24H24N2O4S/c1-3-18-11-9-10-17(2)23(18)25-24(27)22-16-26(20-14-7-8-15-21(20)30-22)31(28,29)19-12-5-4-6-13-19/h4-15,22H,3,16H2,1-2H3,(H,25,27). The van der Waals surface area contributed by atoms with Gasteiger partial charge in [0, 0.05) is 5.69 Å². The van der Waals surface area contributed by atoms with Crippen molar-refractivity contribution in [2.45, 2.75) is 31.3 Å². The maximum absolute atomic E-state index is 13.4. The summed E-state index contributed by atoms with van der Waals surface area (Å²) in [5.74, 6) is -0.0272. The lowest BCUT2D eigenvalue weighted by Gasteiger charge is -2.34. The van der Waals surface area contributed by atoms with E-state index < -0.39 is 16.1 Å². The van der Waals surface area contributed by atoms with Crippen LogP contribution in [-0.4, -0.2) is 27.0 Å². The number of benzene rings is 3. The van der Waals surface area contributed by atoms with Crippen molar-refractivity contribution in [2.24, 2.45) is 0 Å². The summed E-state index contributed by atoms with van der Waals surface area (Å²) >= 11 is 0. The molecule has 0 fully saturated rings. The van der Waals surface area contributed by atoms with E-state index in [1.165, 1.54) is 4.31 Å². The molecule has 1 atom stereocenters. The van der Waals surface area contributed by atoms with E-state index in [2.05, 4.69) is 5.32 Å². The maximum Gasteiger partial charge on any atom is 0.267 e. The molecular weight excluding hydrogens is 412 g/mol. The Morgan fingerprint density at radius 1 is 1.03 bits per heavy atom. The van der Waals surface area contributed by atoms with Gasteiger partial charge in [0.05, 0.1) is 17.1 Å². The number of rotatable bonds is 5. The fourth-order valence-corrected chi connectivity index (χ4v) is 5.19. The summed E-state index contributed by atoms with van der Waals surface area (Å²) in [6, 6.07) is 20.9. The van der Waals surface area contributed by atoms with Gasteiger partial charge >= 0.3 is 0 Å². The van der Waals surface area contributed by atoms with Crippen LogP contribution in [0, 0.1) is 6.92 Å². The predicted octanol–water partition coefficient (Wildman–Crippen LogP) is 4.15. The van der Waals surface area contributed by atoms with Gasteiger partial charge in [-0.2, -0.15) is 0 Å². The number of para-hydroxylation sites is 3. The Kier molecular flexibility index (Phi) is 5.69. The van der Waals surface area contributed by atoms with Crippen molar-refractivity contribution < 1.29 is 17.9 Å². The molecule has 7 heteroatoms. The van der Waals surface area contributed by atoms with Crippen LogP contribution in [-0.2, 0) is 21.2 Å². The third-order valence-corrected chi connectivity index (χ3v) is 7.14. The van der Waals surface area contributed by atoms with Crippen LogP contribution in [0.3, 0.4) is 0 Å². The van der Waals surface area contributed by atoms with E-state index in [1.807, 2.05) is 32.0 Å². The van der Waals surface area contributed by atoms with Gasteiger partial charge in [0.25, 0.3) is 15.9 Å². The molecule has 1 N–H and O–H groups in total. The molecule has 1 heterocycles. The minimum Gasteiger partial charge on any atom is -0.476 e. The number of carbonyl (C=O) groups is 1.